The van der Waals surface area contributed by atoms with Crippen molar-refractivity contribution in [2.45, 2.75) is 19.9 Å². The zero-order valence-electron chi connectivity index (χ0n) is 16.6. The van der Waals surface area contributed by atoms with E-state index in [2.05, 4.69) is 36.3 Å². The molecular weight excluding hydrogens is 442 g/mol. The summed E-state index contributed by atoms with van der Waals surface area (Å²) in [5, 5.41) is 7.17. The number of aromatic nitrogens is 4. The molecule has 0 fully saturated rings. The average Bonchev–Trinajstić information content (AvgIpc) is 3.28. The lowest BCUT2D eigenvalue weighted by Crippen LogP contribution is -2.27. The first-order valence-corrected chi connectivity index (χ1v) is 10.3. The van der Waals surface area contributed by atoms with Gasteiger partial charge in [0.2, 0.25) is 0 Å². The van der Waals surface area contributed by atoms with Gasteiger partial charge < -0.3 is 5.32 Å². The van der Waals surface area contributed by atoms with E-state index in [9.17, 15) is 4.79 Å². The van der Waals surface area contributed by atoms with E-state index in [1.165, 1.54) is 6.33 Å². The van der Waals surface area contributed by atoms with Crippen LogP contribution in [0.3, 0.4) is 0 Å². The lowest BCUT2D eigenvalue weighted by molar-refractivity contribution is 0.0939. The minimum atomic E-state index is -0.147. The molecule has 0 saturated carbocycles. The third-order valence-electron chi connectivity index (χ3n) is 4.87. The van der Waals surface area contributed by atoms with Crippen LogP contribution >= 0.6 is 15.9 Å². The van der Waals surface area contributed by atoms with E-state index in [1.54, 1.807) is 11.0 Å². The topological polar surface area (TPSA) is 72.7 Å². The molecule has 1 N–H and O–H groups in total. The number of carbonyl (C=O) groups is 1. The van der Waals surface area contributed by atoms with Crippen LogP contribution in [-0.4, -0.2) is 25.7 Å². The maximum atomic E-state index is 12.8. The molecule has 0 spiro atoms. The van der Waals surface area contributed by atoms with Gasteiger partial charge in [-0.1, -0.05) is 40.2 Å². The highest BCUT2D eigenvalue weighted by Crippen LogP contribution is 2.23. The zero-order valence-corrected chi connectivity index (χ0v) is 18.2. The summed E-state index contributed by atoms with van der Waals surface area (Å²) in [7, 11) is 0. The molecule has 0 aliphatic heterocycles. The van der Waals surface area contributed by atoms with Crippen LogP contribution in [-0.2, 0) is 0 Å². The lowest BCUT2D eigenvalue weighted by atomic mass is 10.1. The zero-order chi connectivity index (χ0) is 21.1. The second kappa shape index (κ2) is 8.59. The summed E-state index contributed by atoms with van der Waals surface area (Å²) in [5.41, 5.74) is 5.02. The van der Waals surface area contributed by atoms with Gasteiger partial charge in [-0.05, 0) is 55.8 Å². The molecule has 0 saturated heterocycles. The second-order valence-corrected chi connectivity index (χ2v) is 7.88. The molecule has 6 nitrogen and oxygen atoms in total. The number of carbonyl (C=O) groups excluding carboxylic acids is 1. The quantitative estimate of drug-likeness (QED) is 0.459. The fourth-order valence-corrected chi connectivity index (χ4v) is 3.62. The molecule has 4 aromatic rings. The van der Waals surface area contributed by atoms with Gasteiger partial charge in [-0.15, -0.1) is 0 Å². The van der Waals surface area contributed by atoms with Crippen molar-refractivity contribution < 1.29 is 4.79 Å². The molecule has 2 aromatic heterocycles. The average molecular weight is 462 g/mol. The van der Waals surface area contributed by atoms with E-state index < -0.39 is 0 Å². The highest BCUT2D eigenvalue weighted by molar-refractivity contribution is 9.10. The van der Waals surface area contributed by atoms with Crippen LogP contribution in [0.4, 0.5) is 0 Å². The summed E-state index contributed by atoms with van der Waals surface area (Å²) in [6.45, 7) is 3.81. The molecule has 7 heteroatoms. The Hall–Kier alpha value is -3.32. The normalized spacial score (nSPS) is 11.8. The van der Waals surface area contributed by atoms with E-state index in [-0.39, 0.29) is 11.9 Å². The molecule has 30 heavy (non-hydrogen) atoms. The molecule has 0 aliphatic carbocycles. The molecule has 0 bridgehead atoms. The van der Waals surface area contributed by atoms with Crippen molar-refractivity contribution in [2.75, 3.05) is 0 Å². The van der Waals surface area contributed by atoms with Crippen molar-refractivity contribution in [3.63, 3.8) is 0 Å². The van der Waals surface area contributed by atoms with Gasteiger partial charge >= 0.3 is 0 Å². The number of amides is 1. The minimum absolute atomic E-state index is 0.145. The van der Waals surface area contributed by atoms with Crippen molar-refractivity contribution in [2.24, 2.45) is 0 Å². The molecule has 1 unspecified atom stereocenters. The van der Waals surface area contributed by atoms with Crippen LogP contribution in [0.2, 0.25) is 0 Å². The summed E-state index contributed by atoms with van der Waals surface area (Å²) in [4.78, 5) is 21.4. The summed E-state index contributed by atoms with van der Waals surface area (Å²) in [5.74, 6) is -0.145. The Morgan fingerprint density at radius 2 is 1.90 bits per heavy atom. The first kappa shape index (κ1) is 20.0. The summed E-state index contributed by atoms with van der Waals surface area (Å²) < 4.78 is 2.68. The maximum Gasteiger partial charge on any atom is 0.253 e. The number of aryl methyl sites for hydroxylation is 1. The van der Waals surface area contributed by atoms with Gasteiger partial charge in [0.05, 0.1) is 28.7 Å². The van der Waals surface area contributed by atoms with Gasteiger partial charge in [-0.25, -0.2) is 9.67 Å². The third kappa shape index (κ3) is 4.31. The van der Waals surface area contributed by atoms with Gasteiger partial charge in [0.15, 0.2) is 0 Å². The number of rotatable bonds is 5. The van der Waals surface area contributed by atoms with Gasteiger partial charge in [0.25, 0.3) is 5.91 Å². The van der Waals surface area contributed by atoms with Crippen LogP contribution in [0.5, 0.6) is 0 Å². The first-order valence-electron chi connectivity index (χ1n) is 9.50. The molecule has 1 atom stereocenters. The van der Waals surface area contributed by atoms with Gasteiger partial charge in [-0.2, -0.15) is 5.10 Å². The van der Waals surface area contributed by atoms with Gasteiger partial charge in [0, 0.05) is 10.0 Å². The minimum Gasteiger partial charge on any atom is -0.345 e. The van der Waals surface area contributed by atoms with E-state index in [4.69, 9.17) is 0 Å². The van der Waals surface area contributed by atoms with E-state index in [0.717, 1.165) is 27.0 Å². The standard InChI is InChI=1S/C23H20BrN5O/c1-15(17-6-8-20(9-7-17)29-14-25-13-26-29)28-23(30)21-10-11-22(27-16(21)2)18-4-3-5-19(24)12-18/h3-15H,1-2H3,(H,28,30). The number of nitrogens with zero attached hydrogens (tertiary/aromatic N) is 4. The van der Waals surface area contributed by atoms with Gasteiger partial charge in [-0.3, -0.25) is 9.78 Å². The third-order valence-corrected chi connectivity index (χ3v) is 5.37. The molecule has 2 heterocycles. The monoisotopic (exact) mass is 461 g/mol. The Morgan fingerprint density at radius 3 is 2.57 bits per heavy atom. The molecular formula is C23H20BrN5O. The second-order valence-electron chi connectivity index (χ2n) is 6.97. The van der Waals surface area contributed by atoms with Crippen LogP contribution < -0.4 is 5.32 Å². The fraction of sp³-hybridized carbons (Fsp3) is 0.130. The highest BCUT2D eigenvalue weighted by Gasteiger charge is 2.15. The number of benzene rings is 2. The molecule has 150 valence electrons. The molecule has 2 aromatic carbocycles. The smallest absolute Gasteiger partial charge is 0.253 e. The Bertz CT molecular complexity index is 1170. The Labute approximate surface area is 183 Å². The summed E-state index contributed by atoms with van der Waals surface area (Å²) >= 11 is 3.48. The van der Waals surface area contributed by atoms with Crippen molar-refractivity contribution in [1.29, 1.82) is 0 Å². The number of hydrogen-bond acceptors (Lipinski definition) is 4. The van der Waals surface area contributed by atoms with Crippen LogP contribution in [0, 0.1) is 6.92 Å². The maximum absolute atomic E-state index is 12.8. The van der Waals surface area contributed by atoms with Gasteiger partial charge in [0.1, 0.15) is 12.7 Å². The van der Waals surface area contributed by atoms with E-state index >= 15 is 0 Å². The molecule has 0 radical (unpaired) electrons. The van der Waals surface area contributed by atoms with Crippen LogP contribution in [0.1, 0.15) is 34.6 Å². The highest BCUT2D eigenvalue weighted by atomic mass is 79.9. The number of nitrogens with one attached hydrogen (secondary N) is 1. The van der Waals surface area contributed by atoms with Crippen LogP contribution in [0.25, 0.3) is 16.9 Å². The SMILES string of the molecule is Cc1nc(-c2cccc(Br)c2)ccc1C(=O)NC(C)c1ccc(-n2cncn2)cc1. The van der Waals surface area contributed by atoms with E-state index in [1.807, 2.05) is 74.5 Å². The number of pyridine rings is 1. The van der Waals surface area contributed by atoms with Crippen molar-refractivity contribution >= 4 is 21.8 Å². The molecule has 0 aliphatic rings. The van der Waals surface area contributed by atoms with Crippen LogP contribution in [0.15, 0.2) is 77.8 Å². The lowest BCUT2D eigenvalue weighted by Gasteiger charge is -2.16. The number of halogens is 1. The Balaban J connectivity index is 1.48. The summed E-state index contributed by atoms with van der Waals surface area (Å²) in [6.07, 6.45) is 3.14. The van der Waals surface area contributed by atoms with E-state index in [0.29, 0.717) is 11.3 Å². The molecule has 4 rings (SSSR count). The fourth-order valence-electron chi connectivity index (χ4n) is 3.22. The van der Waals surface area contributed by atoms with Crippen molar-refractivity contribution in [1.82, 2.24) is 25.1 Å². The van der Waals surface area contributed by atoms with Crippen molar-refractivity contribution in [3.05, 3.63) is 94.6 Å². The van der Waals surface area contributed by atoms with Crippen molar-refractivity contribution in [3.8, 4) is 16.9 Å². The predicted molar refractivity (Wildman–Crippen MR) is 119 cm³/mol. The number of hydrogen-bond donors (Lipinski definition) is 1. The summed E-state index contributed by atoms with van der Waals surface area (Å²) in [6, 6.07) is 19.3. The Morgan fingerprint density at radius 1 is 1.10 bits per heavy atom. The molecule has 1 amide bonds. The largest absolute Gasteiger partial charge is 0.345 e. The predicted octanol–water partition coefficient (Wildman–Crippen LogP) is 4.89. The Kier molecular flexibility index (Phi) is 5.72. The first-order chi connectivity index (χ1) is 14.5.